The van der Waals surface area contributed by atoms with Crippen LogP contribution in [0.25, 0.3) is 6.08 Å². The summed E-state index contributed by atoms with van der Waals surface area (Å²) in [7, 11) is 1.31. The number of rotatable bonds is 7. The van der Waals surface area contributed by atoms with Gasteiger partial charge >= 0.3 is 5.97 Å². The van der Waals surface area contributed by atoms with Gasteiger partial charge in [0.1, 0.15) is 6.54 Å². The standard InChI is InChI=1S/C29H27N5O3/c1-37-28(36)21-34-27(30-31-32-34)19-22-20-33(18-17-26(22)35)29(23-11-5-2-6-12-23,24-13-7-3-8-14-24)25-15-9-4-10-16-25/h2-16,19H,17-18,20-21H2,1H3/b22-19+. The third kappa shape index (κ3) is 4.71. The number of carbonyl (C=O) groups excluding carboxylic acids is 2. The van der Waals surface area contributed by atoms with E-state index in [1.807, 2.05) is 54.6 Å². The molecule has 8 nitrogen and oxygen atoms in total. The average Bonchev–Trinajstić information content (AvgIpc) is 3.38. The highest BCUT2D eigenvalue weighted by atomic mass is 16.5. The minimum absolute atomic E-state index is 0.0342. The lowest BCUT2D eigenvalue weighted by molar-refractivity contribution is -0.141. The first kappa shape index (κ1) is 24.3. The second-order valence-electron chi connectivity index (χ2n) is 8.84. The van der Waals surface area contributed by atoms with Crippen LogP contribution < -0.4 is 0 Å². The molecule has 1 saturated heterocycles. The molecule has 1 aliphatic heterocycles. The maximum Gasteiger partial charge on any atom is 0.327 e. The molecule has 0 aliphatic carbocycles. The number of hydrogen-bond acceptors (Lipinski definition) is 7. The van der Waals surface area contributed by atoms with Crippen LogP contribution in [0.1, 0.15) is 28.9 Å². The molecule has 1 fully saturated rings. The molecule has 0 unspecified atom stereocenters. The number of ketones is 1. The van der Waals surface area contributed by atoms with E-state index in [0.29, 0.717) is 30.9 Å². The third-order valence-corrected chi connectivity index (χ3v) is 6.75. The molecule has 0 radical (unpaired) electrons. The molecule has 186 valence electrons. The summed E-state index contributed by atoms with van der Waals surface area (Å²) in [5.41, 5.74) is 3.27. The molecule has 0 saturated carbocycles. The molecule has 8 heteroatoms. The van der Waals surface area contributed by atoms with Crippen LogP contribution in [0.5, 0.6) is 0 Å². The quantitative estimate of drug-likeness (QED) is 0.221. The number of ether oxygens (including phenoxy) is 1. The van der Waals surface area contributed by atoms with E-state index in [1.54, 1.807) is 6.08 Å². The van der Waals surface area contributed by atoms with Crippen molar-refractivity contribution in [3.63, 3.8) is 0 Å². The van der Waals surface area contributed by atoms with Gasteiger partial charge in [-0.25, -0.2) is 4.68 Å². The molecule has 5 rings (SSSR count). The lowest BCUT2D eigenvalue weighted by Crippen LogP contribution is -2.52. The maximum atomic E-state index is 13.1. The summed E-state index contributed by atoms with van der Waals surface area (Å²) in [5, 5.41) is 11.6. The van der Waals surface area contributed by atoms with E-state index in [2.05, 4.69) is 56.8 Å². The van der Waals surface area contributed by atoms with Gasteiger partial charge in [-0.05, 0) is 33.2 Å². The topological polar surface area (TPSA) is 90.2 Å². The monoisotopic (exact) mass is 493 g/mol. The van der Waals surface area contributed by atoms with Gasteiger partial charge in [-0.2, -0.15) is 0 Å². The Morgan fingerprint density at radius 1 is 0.919 bits per heavy atom. The minimum atomic E-state index is -0.637. The van der Waals surface area contributed by atoms with Gasteiger partial charge in [0, 0.05) is 25.1 Å². The van der Waals surface area contributed by atoms with Gasteiger partial charge in [0.2, 0.25) is 0 Å². The number of methoxy groups -OCH3 is 1. The van der Waals surface area contributed by atoms with Crippen LogP contribution >= 0.6 is 0 Å². The van der Waals surface area contributed by atoms with Gasteiger partial charge in [0.05, 0.1) is 12.6 Å². The fourth-order valence-corrected chi connectivity index (χ4v) is 5.04. The summed E-state index contributed by atoms with van der Waals surface area (Å²) in [4.78, 5) is 27.3. The molecule has 0 spiro atoms. The summed E-state index contributed by atoms with van der Waals surface area (Å²) < 4.78 is 6.08. The van der Waals surface area contributed by atoms with E-state index < -0.39 is 11.5 Å². The number of Topliss-reactive ketones (excluding diaryl/α,β-unsaturated/α-hetero) is 1. The second kappa shape index (κ2) is 10.7. The number of nitrogens with zero attached hydrogens (tertiary/aromatic N) is 5. The van der Waals surface area contributed by atoms with Crippen molar-refractivity contribution in [2.24, 2.45) is 0 Å². The molecule has 37 heavy (non-hydrogen) atoms. The van der Waals surface area contributed by atoms with Crippen molar-refractivity contribution in [3.05, 3.63) is 119 Å². The summed E-state index contributed by atoms with van der Waals surface area (Å²) in [6.45, 7) is 0.813. The van der Waals surface area contributed by atoms with Crippen molar-refractivity contribution in [2.45, 2.75) is 18.5 Å². The maximum absolute atomic E-state index is 13.1. The van der Waals surface area contributed by atoms with Gasteiger partial charge in [0.15, 0.2) is 11.6 Å². The Hall–Kier alpha value is -4.43. The van der Waals surface area contributed by atoms with Crippen LogP contribution in [-0.4, -0.2) is 57.1 Å². The van der Waals surface area contributed by atoms with Crippen LogP contribution in [0.15, 0.2) is 96.6 Å². The first-order valence-electron chi connectivity index (χ1n) is 12.1. The normalized spacial score (nSPS) is 15.6. The zero-order valence-electron chi connectivity index (χ0n) is 20.5. The predicted molar refractivity (Wildman–Crippen MR) is 138 cm³/mol. The Bertz CT molecular complexity index is 1300. The largest absolute Gasteiger partial charge is 0.468 e. The molecular formula is C29H27N5O3. The summed E-state index contributed by atoms with van der Waals surface area (Å²) >= 11 is 0. The van der Waals surface area contributed by atoms with Crippen LogP contribution in [0, 0.1) is 0 Å². The Balaban J connectivity index is 1.64. The van der Waals surface area contributed by atoms with E-state index in [0.717, 1.165) is 16.7 Å². The Morgan fingerprint density at radius 3 is 1.97 bits per heavy atom. The fourth-order valence-electron chi connectivity index (χ4n) is 5.04. The highest BCUT2D eigenvalue weighted by Gasteiger charge is 2.44. The zero-order chi connectivity index (χ0) is 25.7. The number of carbonyl (C=O) groups is 2. The lowest BCUT2D eigenvalue weighted by atomic mass is 9.74. The van der Waals surface area contributed by atoms with Crippen molar-refractivity contribution >= 4 is 17.8 Å². The SMILES string of the molecule is COC(=O)Cn1nnnc1/C=C1\CN(C(c2ccccc2)(c2ccccc2)c2ccccc2)CCC1=O. The van der Waals surface area contributed by atoms with Gasteiger partial charge in [-0.15, -0.1) is 5.10 Å². The molecule has 4 aromatic rings. The van der Waals surface area contributed by atoms with Crippen LogP contribution in [0.4, 0.5) is 0 Å². The predicted octanol–water partition coefficient (Wildman–Crippen LogP) is 3.50. The smallest absolute Gasteiger partial charge is 0.327 e. The Labute approximate surface area is 215 Å². The Morgan fingerprint density at radius 2 is 1.46 bits per heavy atom. The van der Waals surface area contributed by atoms with E-state index in [-0.39, 0.29) is 12.3 Å². The number of piperidine rings is 1. The first-order chi connectivity index (χ1) is 18.1. The van der Waals surface area contributed by atoms with Crippen molar-refractivity contribution in [2.75, 3.05) is 20.2 Å². The van der Waals surface area contributed by atoms with Crippen LogP contribution in [-0.2, 0) is 26.4 Å². The minimum Gasteiger partial charge on any atom is -0.468 e. The van der Waals surface area contributed by atoms with Crippen molar-refractivity contribution in [1.29, 1.82) is 0 Å². The number of hydrogen-bond donors (Lipinski definition) is 0. The van der Waals surface area contributed by atoms with Crippen LogP contribution in [0.3, 0.4) is 0 Å². The summed E-state index contributed by atoms with van der Waals surface area (Å²) in [5.74, 6) is -0.105. The average molecular weight is 494 g/mol. The van der Waals surface area contributed by atoms with E-state index in [9.17, 15) is 9.59 Å². The number of aromatic nitrogens is 4. The van der Waals surface area contributed by atoms with Crippen LogP contribution in [0.2, 0.25) is 0 Å². The zero-order valence-corrected chi connectivity index (χ0v) is 20.5. The Kier molecular flexibility index (Phi) is 7.00. The highest BCUT2D eigenvalue weighted by molar-refractivity contribution is 6.00. The number of tetrazole rings is 1. The van der Waals surface area contributed by atoms with Gasteiger partial charge < -0.3 is 4.74 Å². The van der Waals surface area contributed by atoms with E-state index in [1.165, 1.54) is 11.8 Å². The number of esters is 1. The number of benzene rings is 3. The van der Waals surface area contributed by atoms with Crippen molar-refractivity contribution in [1.82, 2.24) is 25.1 Å². The van der Waals surface area contributed by atoms with Gasteiger partial charge in [0.25, 0.3) is 0 Å². The molecule has 0 bridgehead atoms. The molecule has 0 atom stereocenters. The molecular weight excluding hydrogens is 466 g/mol. The highest BCUT2D eigenvalue weighted by Crippen LogP contribution is 2.43. The van der Waals surface area contributed by atoms with Crippen molar-refractivity contribution < 1.29 is 14.3 Å². The first-order valence-corrected chi connectivity index (χ1v) is 12.1. The summed E-state index contributed by atoms with van der Waals surface area (Å²) in [6.07, 6.45) is 2.03. The number of likely N-dealkylation sites (tertiary alicyclic amines) is 1. The molecule has 1 aliphatic rings. The van der Waals surface area contributed by atoms with Gasteiger partial charge in [-0.3, -0.25) is 14.5 Å². The molecule has 0 N–H and O–H groups in total. The lowest BCUT2D eigenvalue weighted by Gasteiger charge is -2.47. The third-order valence-electron chi connectivity index (χ3n) is 6.75. The van der Waals surface area contributed by atoms with E-state index >= 15 is 0 Å². The molecule has 3 aromatic carbocycles. The fraction of sp³-hybridized carbons (Fsp3) is 0.207. The summed E-state index contributed by atoms with van der Waals surface area (Å²) in [6, 6.07) is 31.1. The molecule has 1 aromatic heterocycles. The van der Waals surface area contributed by atoms with Gasteiger partial charge in [-0.1, -0.05) is 91.0 Å². The molecule has 2 heterocycles. The molecule has 0 amide bonds. The van der Waals surface area contributed by atoms with Crippen molar-refractivity contribution in [3.8, 4) is 0 Å². The van der Waals surface area contributed by atoms with E-state index in [4.69, 9.17) is 4.74 Å². The second-order valence-corrected chi connectivity index (χ2v) is 8.84.